The normalized spacial score (nSPS) is 15.5. The van der Waals surface area contributed by atoms with E-state index in [9.17, 15) is 4.79 Å². The van der Waals surface area contributed by atoms with Crippen molar-refractivity contribution in [1.29, 1.82) is 0 Å². The van der Waals surface area contributed by atoms with Crippen LogP contribution in [0.5, 0.6) is 5.75 Å². The van der Waals surface area contributed by atoms with Crippen LogP contribution in [0.25, 0.3) is 0 Å². The Labute approximate surface area is 166 Å². The van der Waals surface area contributed by atoms with Crippen LogP contribution in [0, 0.1) is 13.8 Å². The molecule has 1 atom stereocenters. The largest absolute Gasteiger partial charge is 0.484 e. The number of hydrogen-bond acceptors (Lipinski definition) is 3. The maximum atomic E-state index is 12.3. The number of likely N-dealkylation sites (tertiary alicyclic amines) is 1. The van der Waals surface area contributed by atoms with Gasteiger partial charge < -0.3 is 10.1 Å². The van der Waals surface area contributed by atoms with Crippen LogP contribution in [-0.2, 0) is 4.79 Å². The van der Waals surface area contributed by atoms with E-state index in [0.717, 1.165) is 35.0 Å². The van der Waals surface area contributed by atoms with E-state index in [2.05, 4.69) is 17.1 Å². The number of nitrogens with one attached hydrogen (secondary N) is 1. The van der Waals surface area contributed by atoms with Crippen molar-refractivity contribution in [3.63, 3.8) is 0 Å². The van der Waals surface area contributed by atoms with Crippen LogP contribution in [0.4, 0.5) is 0 Å². The highest BCUT2D eigenvalue weighted by atomic mass is 35.5. The van der Waals surface area contributed by atoms with Gasteiger partial charge >= 0.3 is 0 Å². The Bertz CT molecular complexity index is 788. The lowest BCUT2D eigenvalue weighted by atomic mass is 10.1. The minimum atomic E-state index is -0.121. The predicted molar refractivity (Wildman–Crippen MR) is 109 cm³/mol. The molecular weight excluding hydrogens is 360 g/mol. The molecule has 1 heterocycles. The number of hydrogen-bond donors (Lipinski definition) is 1. The lowest BCUT2D eigenvalue weighted by Gasteiger charge is -2.29. The average molecular weight is 387 g/mol. The molecule has 0 spiro atoms. The lowest BCUT2D eigenvalue weighted by Crippen LogP contribution is -2.38. The van der Waals surface area contributed by atoms with Crippen LogP contribution in [0.2, 0.25) is 5.02 Å². The highest BCUT2D eigenvalue weighted by Gasteiger charge is 2.25. The van der Waals surface area contributed by atoms with Gasteiger partial charge in [0, 0.05) is 11.6 Å². The van der Waals surface area contributed by atoms with Crippen molar-refractivity contribution in [1.82, 2.24) is 10.2 Å². The number of nitrogens with zero attached hydrogens (tertiary/aromatic N) is 1. The van der Waals surface area contributed by atoms with Gasteiger partial charge in [0.2, 0.25) is 0 Å². The number of benzene rings is 2. The Morgan fingerprint density at radius 2 is 1.89 bits per heavy atom. The Balaban J connectivity index is 1.58. The number of halogens is 1. The molecule has 2 aromatic carbocycles. The lowest BCUT2D eigenvalue weighted by molar-refractivity contribution is -0.123. The molecule has 0 bridgehead atoms. The summed E-state index contributed by atoms with van der Waals surface area (Å²) in [5, 5.41) is 3.76. The summed E-state index contributed by atoms with van der Waals surface area (Å²) in [4.78, 5) is 14.7. The number of amides is 1. The van der Waals surface area contributed by atoms with Gasteiger partial charge in [0.1, 0.15) is 5.75 Å². The van der Waals surface area contributed by atoms with Gasteiger partial charge in [-0.05, 0) is 74.7 Å². The Morgan fingerprint density at radius 1 is 1.15 bits per heavy atom. The predicted octanol–water partition coefficient (Wildman–Crippen LogP) is 4.29. The monoisotopic (exact) mass is 386 g/mol. The summed E-state index contributed by atoms with van der Waals surface area (Å²) in [6.45, 7) is 6.69. The van der Waals surface area contributed by atoms with E-state index < -0.39 is 0 Å². The molecule has 0 radical (unpaired) electrons. The summed E-state index contributed by atoms with van der Waals surface area (Å²) >= 11 is 6.42. The van der Waals surface area contributed by atoms with Crippen molar-refractivity contribution in [2.45, 2.75) is 32.7 Å². The van der Waals surface area contributed by atoms with E-state index in [1.54, 1.807) is 0 Å². The topological polar surface area (TPSA) is 41.6 Å². The van der Waals surface area contributed by atoms with Gasteiger partial charge in [0.25, 0.3) is 5.91 Å². The molecule has 0 unspecified atom stereocenters. The summed E-state index contributed by atoms with van der Waals surface area (Å²) < 4.78 is 5.64. The second-order valence-corrected chi connectivity index (χ2v) is 7.53. The first-order chi connectivity index (χ1) is 13.0. The third-order valence-electron chi connectivity index (χ3n) is 5.19. The molecule has 5 heteroatoms. The molecule has 1 saturated heterocycles. The summed E-state index contributed by atoms with van der Waals surface area (Å²) in [6.07, 6.45) is 2.37. The van der Waals surface area contributed by atoms with Crippen molar-refractivity contribution >= 4 is 17.5 Å². The molecule has 27 heavy (non-hydrogen) atoms. The first-order valence-electron chi connectivity index (χ1n) is 9.50. The van der Waals surface area contributed by atoms with Crippen molar-refractivity contribution < 1.29 is 9.53 Å². The number of carbonyl (C=O) groups excluding carboxylic acids is 1. The quantitative estimate of drug-likeness (QED) is 0.771. The van der Waals surface area contributed by atoms with Crippen LogP contribution in [-0.4, -0.2) is 37.0 Å². The van der Waals surface area contributed by atoms with Crippen molar-refractivity contribution in [3.05, 3.63) is 64.2 Å². The van der Waals surface area contributed by atoms with Gasteiger partial charge in [-0.15, -0.1) is 0 Å². The number of ether oxygens (including phenoxy) is 1. The van der Waals surface area contributed by atoms with E-state index in [4.69, 9.17) is 16.3 Å². The van der Waals surface area contributed by atoms with Crippen molar-refractivity contribution in [3.8, 4) is 5.75 Å². The molecule has 1 amide bonds. The molecule has 1 fully saturated rings. The molecule has 1 aliphatic rings. The van der Waals surface area contributed by atoms with Gasteiger partial charge in [0.05, 0.1) is 6.04 Å². The summed E-state index contributed by atoms with van der Waals surface area (Å²) in [5.41, 5.74) is 3.43. The first kappa shape index (κ1) is 19.7. The molecule has 144 valence electrons. The highest BCUT2D eigenvalue weighted by Crippen LogP contribution is 2.29. The van der Waals surface area contributed by atoms with Gasteiger partial charge in [-0.2, -0.15) is 0 Å². The van der Waals surface area contributed by atoms with E-state index >= 15 is 0 Å². The van der Waals surface area contributed by atoms with Gasteiger partial charge in [0.15, 0.2) is 6.61 Å². The molecule has 3 rings (SSSR count). The molecule has 0 aromatic heterocycles. The van der Waals surface area contributed by atoms with Crippen LogP contribution < -0.4 is 10.1 Å². The summed E-state index contributed by atoms with van der Waals surface area (Å²) in [7, 11) is 0. The third-order valence-corrected chi connectivity index (χ3v) is 5.53. The zero-order chi connectivity index (χ0) is 19.2. The Morgan fingerprint density at radius 3 is 2.59 bits per heavy atom. The van der Waals surface area contributed by atoms with Gasteiger partial charge in [-0.25, -0.2) is 0 Å². The van der Waals surface area contributed by atoms with Gasteiger partial charge in [-0.3, -0.25) is 9.69 Å². The fourth-order valence-electron chi connectivity index (χ4n) is 3.45. The standard InChI is InChI=1S/C22H27ClN2O2/c1-16-9-10-18(13-17(16)2)27-15-22(26)24-14-21(25-11-5-6-12-25)19-7-3-4-8-20(19)23/h3-4,7-10,13,21H,5-6,11-12,14-15H2,1-2H3,(H,24,26)/t21-/m1/s1. The average Bonchev–Trinajstić information content (AvgIpc) is 3.19. The number of carbonyl (C=O) groups is 1. The molecule has 1 N–H and O–H groups in total. The van der Waals surface area contributed by atoms with E-state index in [1.165, 1.54) is 18.4 Å². The maximum absolute atomic E-state index is 12.3. The molecule has 0 aliphatic carbocycles. The third kappa shape index (κ3) is 5.24. The minimum absolute atomic E-state index is 0.0116. The molecular formula is C22H27ClN2O2. The molecule has 0 saturated carbocycles. The maximum Gasteiger partial charge on any atom is 0.258 e. The zero-order valence-corrected chi connectivity index (χ0v) is 16.8. The van der Waals surface area contributed by atoms with E-state index in [0.29, 0.717) is 6.54 Å². The van der Waals surface area contributed by atoms with E-state index in [1.807, 2.05) is 49.4 Å². The second kappa shape index (κ2) is 9.25. The highest BCUT2D eigenvalue weighted by molar-refractivity contribution is 6.31. The summed E-state index contributed by atoms with van der Waals surface area (Å²) in [6, 6.07) is 13.8. The van der Waals surface area contributed by atoms with Crippen LogP contribution in [0.15, 0.2) is 42.5 Å². The summed E-state index contributed by atoms with van der Waals surface area (Å²) in [5.74, 6) is 0.597. The molecule has 4 nitrogen and oxygen atoms in total. The number of aryl methyl sites for hydroxylation is 2. The van der Waals surface area contributed by atoms with Crippen LogP contribution in [0.1, 0.15) is 35.6 Å². The van der Waals surface area contributed by atoms with Crippen LogP contribution >= 0.6 is 11.6 Å². The van der Waals surface area contributed by atoms with Crippen molar-refractivity contribution in [2.24, 2.45) is 0 Å². The van der Waals surface area contributed by atoms with Crippen LogP contribution in [0.3, 0.4) is 0 Å². The number of rotatable bonds is 7. The van der Waals surface area contributed by atoms with Crippen molar-refractivity contribution in [2.75, 3.05) is 26.2 Å². The smallest absolute Gasteiger partial charge is 0.258 e. The zero-order valence-electron chi connectivity index (χ0n) is 16.0. The minimum Gasteiger partial charge on any atom is -0.484 e. The molecule has 1 aliphatic heterocycles. The Kier molecular flexibility index (Phi) is 6.75. The first-order valence-corrected chi connectivity index (χ1v) is 9.87. The SMILES string of the molecule is Cc1ccc(OCC(=O)NC[C@H](c2ccccc2Cl)N2CCCC2)cc1C. The fourth-order valence-corrected chi connectivity index (χ4v) is 3.71. The fraction of sp³-hybridized carbons (Fsp3) is 0.409. The van der Waals surface area contributed by atoms with Gasteiger partial charge in [-0.1, -0.05) is 35.9 Å². The van der Waals surface area contributed by atoms with E-state index in [-0.39, 0.29) is 18.6 Å². The molecule has 2 aromatic rings. The Hall–Kier alpha value is -2.04. The second-order valence-electron chi connectivity index (χ2n) is 7.12.